The highest BCUT2D eigenvalue weighted by atomic mass is 32.2. The molecule has 1 aromatic heterocycles. The highest BCUT2D eigenvalue weighted by Gasteiger charge is 2.34. The van der Waals surface area contributed by atoms with Crippen LogP contribution in [0.3, 0.4) is 0 Å². The summed E-state index contributed by atoms with van der Waals surface area (Å²) in [4.78, 5) is 1.29. The fourth-order valence-corrected chi connectivity index (χ4v) is 3.20. The molecule has 0 saturated carbocycles. The fourth-order valence-electron chi connectivity index (χ4n) is 2.17. The second-order valence-corrected chi connectivity index (χ2v) is 6.51. The molecule has 1 fully saturated rings. The number of nitrogens with zero attached hydrogens (tertiary/aromatic N) is 2. The summed E-state index contributed by atoms with van der Waals surface area (Å²) < 4.78 is 62.6. The van der Waals surface area contributed by atoms with Gasteiger partial charge in [0.25, 0.3) is 10.0 Å². The Kier molecular flexibility index (Phi) is 4.35. The Bertz CT molecular complexity index is 529. The molecular formula is C10H15F3N4O2S. The molecule has 1 aliphatic rings. The van der Waals surface area contributed by atoms with Gasteiger partial charge in [0.15, 0.2) is 5.03 Å². The Labute approximate surface area is 114 Å². The molecular weight excluding hydrogens is 297 g/mol. The minimum absolute atomic E-state index is 0.0531. The lowest BCUT2D eigenvalue weighted by molar-refractivity contribution is -0.143. The predicted molar refractivity (Wildman–Crippen MR) is 64.4 cm³/mol. The molecule has 0 aliphatic carbocycles. The highest BCUT2D eigenvalue weighted by molar-refractivity contribution is 7.89. The lowest BCUT2D eigenvalue weighted by Crippen LogP contribution is -2.34. The molecule has 1 aliphatic heterocycles. The van der Waals surface area contributed by atoms with Gasteiger partial charge in [0.05, 0.1) is 12.7 Å². The first-order valence-corrected chi connectivity index (χ1v) is 7.53. The van der Waals surface area contributed by atoms with Crippen molar-refractivity contribution in [2.24, 2.45) is 5.92 Å². The van der Waals surface area contributed by atoms with E-state index in [2.05, 4.69) is 14.9 Å². The molecule has 0 amide bonds. The topological polar surface area (TPSA) is 78.1 Å². The number of hydrogen-bond donors (Lipinski definition) is 2. The van der Waals surface area contributed by atoms with E-state index >= 15 is 0 Å². The van der Waals surface area contributed by atoms with Gasteiger partial charge in [-0.15, -0.1) is 0 Å². The summed E-state index contributed by atoms with van der Waals surface area (Å²) in [5, 5.41) is 5.82. The number of sulfonamides is 1. The van der Waals surface area contributed by atoms with E-state index in [1.54, 1.807) is 0 Å². The number of likely N-dealkylation sites (tertiary alicyclic amines) is 1. The molecule has 10 heteroatoms. The molecule has 2 rings (SSSR count). The Morgan fingerprint density at radius 1 is 1.50 bits per heavy atom. The summed E-state index contributed by atoms with van der Waals surface area (Å²) in [6.45, 7) is -0.256. The minimum Gasteiger partial charge on any atom is -0.295 e. The lowest BCUT2D eigenvalue weighted by atomic mass is 10.1. The number of nitrogens with one attached hydrogen (secondary N) is 2. The Morgan fingerprint density at radius 2 is 2.25 bits per heavy atom. The molecule has 0 spiro atoms. The normalized spacial score (nSPS) is 21.4. The van der Waals surface area contributed by atoms with Crippen molar-refractivity contribution in [1.29, 1.82) is 0 Å². The first-order chi connectivity index (χ1) is 9.26. The second-order valence-electron chi connectivity index (χ2n) is 4.78. The molecule has 114 valence electrons. The van der Waals surface area contributed by atoms with Crippen LogP contribution in [0.5, 0.6) is 0 Å². The molecule has 0 aromatic carbocycles. The van der Waals surface area contributed by atoms with Crippen LogP contribution in [0.2, 0.25) is 0 Å². The number of halogens is 3. The number of alkyl halides is 3. The van der Waals surface area contributed by atoms with E-state index in [1.165, 1.54) is 17.2 Å². The highest BCUT2D eigenvalue weighted by Crippen LogP contribution is 2.22. The molecule has 2 heterocycles. The fraction of sp³-hybridized carbons (Fsp3) is 0.700. The van der Waals surface area contributed by atoms with E-state index in [-0.39, 0.29) is 24.0 Å². The van der Waals surface area contributed by atoms with Crippen molar-refractivity contribution in [3.05, 3.63) is 12.3 Å². The van der Waals surface area contributed by atoms with Gasteiger partial charge in [-0.3, -0.25) is 10.00 Å². The quantitative estimate of drug-likeness (QED) is 0.833. The third kappa shape index (κ3) is 4.18. The maximum Gasteiger partial charge on any atom is 0.401 e. The van der Waals surface area contributed by atoms with E-state index in [1.807, 2.05) is 0 Å². The van der Waals surface area contributed by atoms with Gasteiger partial charge in [-0.05, 0) is 24.9 Å². The van der Waals surface area contributed by atoms with Gasteiger partial charge < -0.3 is 0 Å². The first kappa shape index (κ1) is 15.3. The third-order valence-electron chi connectivity index (χ3n) is 3.10. The zero-order chi connectivity index (χ0) is 14.8. The maximum absolute atomic E-state index is 12.2. The second kappa shape index (κ2) is 5.70. The van der Waals surface area contributed by atoms with Crippen LogP contribution in [0, 0.1) is 5.92 Å². The van der Waals surface area contributed by atoms with Crippen LogP contribution >= 0.6 is 0 Å². The first-order valence-electron chi connectivity index (χ1n) is 6.04. The Hall–Kier alpha value is -1.13. The molecule has 6 nitrogen and oxygen atoms in total. The van der Waals surface area contributed by atoms with Gasteiger partial charge in [-0.25, -0.2) is 13.1 Å². The van der Waals surface area contributed by atoms with Crippen LogP contribution < -0.4 is 4.72 Å². The molecule has 2 N–H and O–H groups in total. The average molecular weight is 312 g/mol. The van der Waals surface area contributed by atoms with Crippen molar-refractivity contribution in [2.45, 2.75) is 17.6 Å². The van der Waals surface area contributed by atoms with Crippen molar-refractivity contribution in [3.8, 4) is 0 Å². The van der Waals surface area contributed by atoms with Gasteiger partial charge in [0.1, 0.15) is 0 Å². The maximum atomic E-state index is 12.2. The van der Waals surface area contributed by atoms with E-state index in [9.17, 15) is 21.6 Å². The summed E-state index contributed by atoms with van der Waals surface area (Å²) in [7, 11) is -3.67. The van der Waals surface area contributed by atoms with Crippen molar-refractivity contribution in [2.75, 3.05) is 26.2 Å². The Balaban J connectivity index is 1.82. The minimum atomic E-state index is -4.22. The van der Waals surface area contributed by atoms with Crippen molar-refractivity contribution >= 4 is 10.0 Å². The van der Waals surface area contributed by atoms with Crippen LogP contribution in [0.25, 0.3) is 0 Å². The summed E-state index contributed by atoms with van der Waals surface area (Å²) in [6.07, 6.45) is -2.36. The number of rotatable bonds is 5. The average Bonchev–Trinajstić information content (AvgIpc) is 2.94. The van der Waals surface area contributed by atoms with Crippen LogP contribution in [-0.2, 0) is 10.0 Å². The van der Waals surface area contributed by atoms with Crippen LogP contribution in [0.1, 0.15) is 6.42 Å². The van der Waals surface area contributed by atoms with Crippen molar-refractivity contribution in [1.82, 2.24) is 19.8 Å². The van der Waals surface area contributed by atoms with Gasteiger partial charge in [-0.1, -0.05) is 0 Å². The monoisotopic (exact) mass is 312 g/mol. The molecule has 1 saturated heterocycles. The summed E-state index contributed by atoms with van der Waals surface area (Å²) >= 11 is 0. The zero-order valence-electron chi connectivity index (χ0n) is 10.5. The zero-order valence-corrected chi connectivity index (χ0v) is 11.3. The van der Waals surface area contributed by atoms with E-state index in [0.717, 1.165) is 0 Å². The number of hydrogen-bond acceptors (Lipinski definition) is 4. The molecule has 20 heavy (non-hydrogen) atoms. The van der Waals surface area contributed by atoms with Gasteiger partial charge in [0.2, 0.25) is 0 Å². The summed E-state index contributed by atoms with van der Waals surface area (Å²) in [5.41, 5.74) is 0. The lowest BCUT2D eigenvalue weighted by Gasteiger charge is -2.17. The molecule has 1 aromatic rings. The summed E-state index contributed by atoms with van der Waals surface area (Å²) in [6, 6.07) is 1.31. The predicted octanol–water partition coefficient (Wildman–Crippen LogP) is 0.572. The number of aromatic amines is 1. The SMILES string of the molecule is O=S(=O)(NCC1CCN(CC(F)(F)F)C1)c1ccn[nH]1. The molecule has 1 unspecified atom stereocenters. The third-order valence-corrected chi connectivity index (χ3v) is 4.45. The van der Waals surface area contributed by atoms with E-state index < -0.39 is 22.7 Å². The van der Waals surface area contributed by atoms with Crippen LogP contribution in [-0.4, -0.2) is 55.9 Å². The Morgan fingerprint density at radius 3 is 2.85 bits per heavy atom. The van der Waals surface area contributed by atoms with Crippen LogP contribution in [0.4, 0.5) is 13.2 Å². The van der Waals surface area contributed by atoms with Crippen molar-refractivity contribution in [3.63, 3.8) is 0 Å². The number of aromatic nitrogens is 2. The van der Waals surface area contributed by atoms with Crippen LogP contribution in [0.15, 0.2) is 17.3 Å². The van der Waals surface area contributed by atoms with E-state index in [0.29, 0.717) is 13.0 Å². The van der Waals surface area contributed by atoms with Crippen molar-refractivity contribution < 1.29 is 21.6 Å². The number of H-pyrrole nitrogens is 1. The smallest absolute Gasteiger partial charge is 0.295 e. The largest absolute Gasteiger partial charge is 0.401 e. The van der Waals surface area contributed by atoms with Gasteiger partial charge in [-0.2, -0.15) is 18.3 Å². The van der Waals surface area contributed by atoms with Gasteiger partial charge in [0, 0.05) is 13.1 Å². The summed E-state index contributed by atoms with van der Waals surface area (Å²) in [5.74, 6) is -0.116. The molecule has 1 atom stereocenters. The standard InChI is InChI=1S/C10H15F3N4O2S/c11-10(12,13)7-17-4-2-8(6-17)5-15-20(18,19)9-1-3-14-16-9/h1,3,8,15H,2,4-7H2,(H,14,16). The molecule has 0 radical (unpaired) electrons. The molecule has 0 bridgehead atoms. The van der Waals surface area contributed by atoms with E-state index in [4.69, 9.17) is 0 Å². The van der Waals surface area contributed by atoms with Gasteiger partial charge >= 0.3 is 6.18 Å².